The summed E-state index contributed by atoms with van der Waals surface area (Å²) in [7, 11) is 1.63. The maximum Gasteiger partial charge on any atom is 0.251 e. The molecule has 3 aromatic carbocycles. The van der Waals surface area contributed by atoms with Crippen molar-refractivity contribution in [3.8, 4) is 5.75 Å². The van der Waals surface area contributed by atoms with E-state index in [0.29, 0.717) is 24.4 Å². The van der Waals surface area contributed by atoms with E-state index in [-0.39, 0.29) is 11.7 Å². The van der Waals surface area contributed by atoms with Gasteiger partial charge in [-0.15, -0.1) is 0 Å². The standard InChI is InChI=1S/C29H25FN4O2S/c1-36-25-12-6-20(7-13-25)16-32-28(35)23-8-2-21(3-9-23)18-34-27-17-31-15-14-26(27)33-29(34)37-19-22-4-10-24(30)11-5-22/h2-15,17H,16,18-19H2,1H3,(H,32,35). The van der Waals surface area contributed by atoms with Crippen LogP contribution in [0.1, 0.15) is 27.0 Å². The fraction of sp³-hybridized carbons (Fsp3) is 0.138. The number of nitrogens with one attached hydrogen (secondary N) is 1. The monoisotopic (exact) mass is 512 g/mol. The number of hydrogen-bond acceptors (Lipinski definition) is 5. The fourth-order valence-electron chi connectivity index (χ4n) is 3.91. The Hall–Kier alpha value is -4.17. The molecule has 2 aromatic heterocycles. The summed E-state index contributed by atoms with van der Waals surface area (Å²) in [4.78, 5) is 21.7. The highest BCUT2D eigenvalue weighted by atomic mass is 32.2. The number of carbonyl (C=O) groups excluding carboxylic acids is 1. The van der Waals surface area contributed by atoms with Crippen LogP contribution in [0.3, 0.4) is 0 Å². The maximum atomic E-state index is 13.3. The summed E-state index contributed by atoms with van der Waals surface area (Å²) >= 11 is 1.60. The summed E-state index contributed by atoms with van der Waals surface area (Å²) in [5, 5.41) is 3.81. The van der Waals surface area contributed by atoms with Gasteiger partial charge in [0.2, 0.25) is 0 Å². The van der Waals surface area contributed by atoms with E-state index >= 15 is 0 Å². The normalized spacial score (nSPS) is 11.0. The van der Waals surface area contributed by atoms with Crippen molar-refractivity contribution in [1.29, 1.82) is 0 Å². The zero-order chi connectivity index (χ0) is 25.6. The molecule has 0 aliphatic rings. The number of hydrogen-bond donors (Lipinski definition) is 1. The third-order valence-corrected chi connectivity index (χ3v) is 7.01. The third-order valence-electron chi connectivity index (χ3n) is 5.97. The van der Waals surface area contributed by atoms with Crippen molar-refractivity contribution < 1.29 is 13.9 Å². The van der Waals surface area contributed by atoms with Crippen LogP contribution in [0.4, 0.5) is 4.39 Å². The van der Waals surface area contributed by atoms with Gasteiger partial charge in [-0.3, -0.25) is 9.78 Å². The van der Waals surface area contributed by atoms with Gasteiger partial charge in [0.05, 0.1) is 30.9 Å². The van der Waals surface area contributed by atoms with Gasteiger partial charge in [0.25, 0.3) is 5.91 Å². The van der Waals surface area contributed by atoms with E-state index < -0.39 is 0 Å². The highest BCUT2D eigenvalue weighted by Gasteiger charge is 2.13. The molecule has 1 amide bonds. The number of fused-ring (bicyclic) bond motifs is 1. The average molecular weight is 513 g/mol. The van der Waals surface area contributed by atoms with Crippen molar-refractivity contribution >= 4 is 28.7 Å². The van der Waals surface area contributed by atoms with E-state index in [2.05, 4.69) is 14.9 Å². The molecule has 37 heavy (non-hydrogen) atoms. The topological polar surface area (TPSA) is 69.0 Å². The summed E-state index contributed by atoms with van der Waals surface area (Å²) in [5.41, 5.74) is 5.46. The predicted molar refractivity (Wildman–Crippen MR) is 143 cm³/mol. The first-order valence-corrected chi connectivity index (χ1v) is 12.7. The van der Waals surface area contributed by atoms with Crippen molar-refractivity contribution in [3.05, 3.63) is 119 Å². The maximum absolute atomic E-state index is 13.3. The number of thioether (sulfide) groups is 1. The fourth-order valence-corrected chi connectivity index (χ4v) is 4.88. The first-order valence-electron chi connectivity index (χ1n) is 11.8. The molecule has 6 nitrogen and oxygen atoms in total. The second-order valence-corrected chi connectivity index (χ2v) is 9.43. The number of benzene rings is 3. The Balaban J connectivity index is 1.27. The minimum absolute atomic E-state index is 0.129. The van der Waals surface area contributed by atoms with E-state index in [0.717, 1.165) is 38.6 Å². The molecular weight excluding hydrogens is 487 g/mol. The highest BCUT2D eigenvalue weighted by molar-refractivity contribution is 7.98. The quantitative estimate of drug-likeness (QED) is 0.251. The molecule has 0 radical (unpaired) electrons. The average Bonchev–Trinajstić information content (AvgIpc) is 3.29. The van der Waals surface area contributed by atoms with Gasteiger partial charge in [0.15, 0.2) is 5.16 Å². The lowest BCUT2D eigenvalue weighted by Crippen LogP contribution is -2.22. The van der Waals surface area contributed by atoms with Crippen LogP contribution in [0.5, 0.6) is 5.75 Å². The Kier molecular flexibility index (Phi) is 7.46. The number of nitrogens with zero attached hydrogens (tertiary/aromatic N) is 3. The molecule has 5 aromatic rings. The van der Waals surface area contributed by atoms with Gasteiger partial charge >= 0.3 is 0 Å². The smallest absolute Gasteiger partial charge is 0.251 e. The van der Waals surface area contributed by atoms with Crippen molar-refractivity contribution in [2.75, 3.05) is 7.11 Å². The highest BCUT2D eigenvalue weighted by Crippen LogP contribution is 2.27. The molecule has 8 heteroatoms. The number of carbonyl (C=O) groups is 1. The van der Waals surface area contributed by atoms with Crippen LogP contribution in [-0.2, 0) is 18.8 Å². The van der Waals surface area contributed by atoms with Gasteiger partial charge < -0.3 is 14.6 Å². The van der Waals surface area contributed by atoms with Gasteiger partial charge in [0, 0.05) is 24.1 Å². The van der Waals surface area contributed by atoms with E-state index in [1.807, 2.05) is 60.8 Å². The van der Waals surface area contributed by atoms with E-state index in [1.54, 1.807) is 37.2 Å². The molecule has 0 saturated carbocycles. The first-order chi connectivity index (χ1) is 18.1. The number of ether oxygens (including phenoxy) is 1. The molecule has 0 unspecified atom stereocenters. The largest absolute Gasteiger partial charge is 0.497 e. The van der Waals surface area contributed by atoms with E-state index in [4.69, 9.17) is 9.72 Å². The van der Waals surface area contributed by atoms with Crippen molar-refractivity contribution in [2.24, 2.45) is 0 Å². The third kappa shape index (κ3) is 5.98. The molecule has 0 fully saturated rings. The summed E-state index contributed by atoms with van der Waals surface area (Å²) in [6.45, 7) is 1.02. The Bertz CT molecular complexity index is 1500. The predicted octanol–water partition coefficient (Wildman–Crippen LogP) is 5.85. The van der Waals surface area contributed by atoms with Crippen LogP contribution in [0.15, 0.2) is 96.4 Å². The van der Waals surface area contributed by atoms with Crippen LogP contribution in [0.25, 0.3) is 11.0 Å². The second-order valence-electron chi connectivity index (χ2n) is 8.49. The molecule has 0 aliphatic carbocycles. The summed E-state index contributed by atoms with van der Waals surface area (Å²) in [5.74, 6) is 1.08. The number of aromatic nitrogens is 3. The number of methoxy groups -OCH3 is 1. The van der Waals surface area contributed by atoms with Crippen LogP contribution >= 0.6 is 11.8 Å². The summed E-state index contributed by atoms with van der Waals surface area (Å²) in [6.07, 6.45) is 3.54. The number of amides is 1. The number of halogens is 1. The molecule has 186 valence electrons. The lowest BCUT2D eigenvalue weighted by Gasteiger charge is -2.10. The van der Waals surface area contributed by atoms with Crippen molar-refractivity contribution in [3.63, 3.8) is 0 Å². The van der Waals surface area contributed by atoms with Gasteiger partial charge in [-0.2, -0.15) is 0 Å². The molecule has 5 rings (SSSR count). The van der Waals surface area contributed by atoms with Crippen molar-refractivity contribution in [1.82, 2.24) is 19.9 Å². The van der Waals surface area contributed by atoms with E-state index in [1.165, 1.54) is 12.1 Å². The van der Waals surface area contributed by atoms with Crippen LogP contribution in [0.2, 0.25) is 0 Å². The van der Waals surface area contributed by atoms with Gasteiger partial charge in [-0.1, -0.05) is 48.2 Å². The lowest BCUT2D eigenvalue weighted by molar-refractivity contribution is 0.0951. The number of imidazole rings is 1. The Labute approximate surface area is 218 Å². The molecule has 2 heterocycles. The number of pyridine rings is 1. The van der Waals surface area contributed by atoms with Gasteiger partial charge in [-0.25, -0.2) is 9.37 Å². The first kappa shape index (κ1) is 24.5. The Morgan fingerprint density at radius 2 is 1.65 bits per heavy atom. The number of rotatable bonds is 9. The Morgan fingerprint density at radius 1 is 0.946 bits per heavy atom. The summed E-state index contributed by atoms with van der Waals surface area (Å²) < 4.78 is 20.6. The molecular formula is C29H25FN4O2S. The minimum atomic E-state index is -0.245. The lowest BCUT2D eigenvalue weighted by atomic mass is 10.1. The molecule has 0 aliphatic heterocycles. The van der Waals surface area contributed by atoms with Gasteiger partial charge in [0.1, 0.15) is 11.6 Å². The van der Waals surface area contributed by atoms with E-state index in [9.17, 15) is 9.18 Å². The zero-order valence-electron chi connectivity index (χ0n) is 20.2. The molecule has 0 spiro atoms. The summed E-state index contributed by atoms with van der Waals surface area (Å²) in [6, 6.07) is 23.6. The molecule has 0 saturated heterocycles. The van der Waals surface area contributed by atoms with Gasteiger partial charge in [-0.05, 0) is 59.2 Å². The minimum Gasteiger partial charge on any atom is -0.497 e. The molecule has 0 atom stereocenters. The SMILES string of the molecule is COc1ccc(CNC(=O)c2ccc(Cn3c(SCc4ccc(F)cc4)nc4ccncc43)cc2)cc1. The molecule has 1 N–H and O–H groups in total. The second kappa shape index (κ2) is 11.3. The zero-order valence-corrected chi connectivity index (χ0v) is 21.0. The molecule has 0 bridgehead atoms. The van der Waals surface area contributed by atoms with Crippen molar-refractivity contribution in [2.45, 2.75) is 24.0 Å². The Morgan fingerprint density at radius 3 is 2.38 bits per heavy atom. The van der Waals surface area contributed by atoms with Crippen LogP contribution < -0.4 is 10.1 Å². The van der Waals surface area contributed by atoms with Crippen LogP contribution in [0, 0.1) is 5.82 Å². The van der Waals surface area contributed by atoms with Crippen LogP contribution in [-0.4, -0.2) is 27.6 Å².